The van der Waals surface area contributed by atoms with Gasteiger partial charge in [0, 0.05) is 13.1 Å². The molecule has 8 nitrogen and oxygen atoms in total. The molecule has 2 aromatic rings. The number of carbonyl (C=O) groups excluding carboxylic acids is 1. The van der Waals surface area contributed by atoms with Crippen LogP contribution in [0, 0.1) is 11.8 Å². The van der Waals surface area contributed by atoms with Crippen molar-refractivity contribution in [2.45, 2.75) is 56.2 Å². The van der Waals surface area contributed by atoms with Crippen molar-refractivity contribution in [3.63, 3.8) is 0 Å². The number of rotatable bonds is 2. The van der Waals surface area contributed by atoms with Crippen molar-refractivity contribution in [1.29, 1.82) is 0 Å². The lowest BCUT2D eigenvalue weighted by molar-refractivity contribution is -0.140. The summed E-state index contributed by atoms with van der Waals surface area (Å²) in [7, 11) is 0. The smallest absolute Gasteiger partial charge is 0.290 e. The Balaban J connectivity index is 0.000000684. The average Bonchev–Trinajstić information content (AvgIpc) is 3.54. The molecule has 4 heterocycles. The molecule has 1 aromatic heterocycles. The van der Waals surface area contributed by atoms with Crippen LogP contribution in [0.4, 0.5) is 0 Å². The van der Waals surface area contributed by atoms with Crippen molar-refractivity contribution in [3.8, 4) is 0 Å². The number of benzene rings is 1. The van der Waals surface area contributed by atoms with E-state index in [1.54, 1.807) is 0 Å². The van der Waals surface area contributed by atoms with E-state index in [1.165, 1.54) is 0 Å². The normalized spacial score (nSPS) is 31.1. The Bertz CT molecular complexity index is 981. The molecule has 0 bridgehead atoms. The summed E-state index contributed by atoms with van der Waals surface area (Å²) in [5, 5.41) is 17.9. The molecule has 3 aliphatic heterocycles. The quantitative estimate of drug-likeness (QED) is 0.695. The van der Waals surface area contributed by atoms with Crippen LogP contribution in [0.1, 0.15) is 44.6 Å². The zero-order chi connectivity index (χ0) is 22.3. The number of fused-ring (bicyclic) bond motifs is 3. The predicted octanol–water partition coefficient (Wildman–Crippen LogP) is 2.14. The first-order valence-electron chi connectivity index (χ1n) is 11.8. The lowest BCUT2D eigenvalue weighted by Crippen LogP contribution is -2.53. The van der Waals surface area contributed by atoms with Crippen molar-refractivity contribution in [1.82, 2.24) is 19.4 Å². The Kier molecular flexibility index (Phi) is 5.67. The van der Waals surface area contributed by atoms with Gasteiger partial charge in [-0.3, -0.25) is 14.5 Å². The van der Waals surface area contributed by atoms with Crippen molar-refractivity contribution < 1.29 is 19.8 Å². The highest BCUT2D eigenvalue weighted by Crippen LogP contribution is 2.45. The van der Waals surface area contributed by atoms with Gasteiger partial charge in [0.05, 0.1) is 29.5 Å². The second kappa shape index (κ2) is 8.48. The molecule has 32 heavy (non-hydrogen) atoms. The first-order chi connectivity index (χ1) is 15.6. The summed E-state index contributed by atoms with van der Waals surface area (Å²) in [6, 6.07) is 8.19. The van der Waals surface area contributed by atoms with E-state index in [4.69, 9.17) is 9.90 Å². The number of likely N-dealkylation sites (tertiary alicyclic amines) is 1. The summed E-state index contributed by atoms with van der Waals surface area (Å²) in [4.78, 5) is 31.1. The summed E-state index contributed by atoms with van der Waals surface area (Å²) in [5.41, 5.74) is 1.87. The average molecular weight is 441 g/mol. The molecule has 0 radical (unpaired) electrons. The Hall–Kier alpha value is -2.45. The number of aliphatic hydroxyl groups is 1. The largest absolute Gasteiger partial charge is 0.483 e. The molecule has 1 aliphatic carbocycles. The molecule has 1 amide bonds. The summed E-state index contributed by atoms with van der Waals surface area (Å²) in [5.74, 6) is 1.27. The highest BCUT2D eigenvalue weighted by atomic mass is 16.3. The SMILES string of the molecule is O=C(N1C[C@H]2C[C@@H](n3cnc4ccccc43)[C@H](O)C[C@H]2C1)C12CCCN1CCC2.O=CO. The third-order valence-corrected chi connectivity index (χ3v) is 8.27. The van der Waals surface area contributed by atoms with Crippen LogP contribution in [-0.4, -0.2) is 79.8 Å². The minimum absolute atomic E-state index is 0.0475. The third-order valence-electron chi connectivity index (χ3n) is 8.27. The van der Waals surface area contributed by atoms with E-state index in [0.29, 0.717) is 17.7 Å². The second-order valence-corrected chi connectivity index (χ2v) is 9.81. The predicted molar refractivity (Wildman–Crippen MR) is 119 cm³/mol. The second-order valence-electron chi connectivity index (χ2n) is 9.81. The first kappa shape index (κ1) is 21.4. The van der Waals surface area contributed by atoms with E-state index < -0.39 is 0 Å². The summed E-state index contributed by atoms with van der Waals surface area (Å²) >= 11 is 0. The van der Waals surface area contributed by atoms with Crippen LogP contribution >= 0.6 is 0 Å². The highest BCUT2D eigenvalue weighted by molar-refractivity contribution is 5.87. The van der Waals surface area contributed by atoms with Crippen molar-refractivity contribution >= 4 is 23.4 Å². The number of carboxylic acid groups (broad SMARTS) is 1. The zero-order valence-corrected chi connectivity index (χ0v) is 18.3. The molecule has 8 heteroatoms. The van der Waals surface area contributed by atoms with Crippen LogP contribution in [0.5, 0.6) is 0 Å². The molecule has 1 aromatic carbocycles. The number of carbonyl (C=O) groups is 2. The number of aromatic nitrogens is 2. The Morgan fingerprint density at radius 2 is 1.75 bits per heavy atom. The van der Waals surface area contributed by atoms with Gasteiger partial charge >= 0.3 is 0 Å². The number of para-hydroxylation sites is 2. The van der Waals surface area contributed by atoms with Crippen LogP contribution in [0.2, 0.25) is 0 Å². The van der Waals surface area contributed by atoms with Gasteiger partial charge in [-0.1, -0.05) is 12.1 Å². The Morgan fingerprint density at radius 1 is 1.09 bits per heavy atom. The van der Waals surface area contributed by atoms with Gasteiger partial charge in [0.15, 0.2) is 0 Å². The van der Waals surface area contributed by atoms with Gasteiger partial charge in [0.25, 0.3) is 6.47 Å². The molecule has 0 unspecified atom stereocenters. The minimum atomic E-state index is -0.378. The van der Waals surface area contributed by atoms with Crippen LogP contribution in [0.15, 0.2) is 30.6 Å². The molecule has 172 valence electrons. The van der Waals surface area contributed by atoms with Gasteiger partial charge in [-0.2, -0.15) is 0 Å². The van der Waals surface area contributed by atoms with Crippen molar-refractivity contribution in [2.24, 2.45) is 11.8 Å². The standard InChI is InChI=1S/C23H30N4O2.CH2O2/c28-21-12-17-14-25(22(29)23-7-3-9-26(23)10-4-8-23)13-16(17)11-20(21)27-15-24-18-5-1-2-6-19(18)27;2-1-3/h1-2,5-6,15-17,20-21,28H,3-4,7-14H2;1H,(H,2,3)/t16-,17+,20-,21-;/m1./s1. The van der Waals surface area contributed by atoms with E-state index in [0.717, 1.165) is 75.7 Å². The minimum Gasteiger partial charge on any atom is -0.483 e. The third kappa shape index (κ3) is 3.40. The fourth-order valence-corrected chi connectivity index (χ4v) is 6.86. The van der Waals surface area contributed by atoms with Crippen molar-refractivity contribution in [3.05, 3.63) is 30.6 Å². The Labute approximate surface area is 187 Å². The van der Waals surface area contributed by atoms with E-state index >= 15 is 0 Å². The fraction of sp³-hybridized carbons (Fsp3) is 0.625. The van der Waals surface area contributed by atoms with Crippen LogP contribution in [0.3, 0.4) is 0 Å². The maximum atomic E-state index is 13.6. The zero-order valence-electron chi connectivity index (χ0n) is 18.3. The lowest BCUT2D eigenvalue weighted by atomic mass is 9.77. The molecule has 4 atom stereocenters. The number of aliphatic hydroxyl groups excluding tert-OH is 1. The number of amides is 1. The molecule has 4 aliphatic rings. The number of nitrogens with zero attached hydrogens (tertiary/aromatic N) is 4. The first-order valence-corrected chi connectivity index (χ1v) is 11.8. The topological polar surface area (TPSA) is 98.9 Å². The number of hydrogen-bond acceptors (Lipinski definition) is 5. The molecule has 1 saturated carbocycles. The summed E-state index contributed by atoms with van der Waals surface area (Å²) in [6.45, 7) is 3.60. The maximum absolute atomic E-state index is 13.6. The molecule has 0 spiro atoms. The van der Waals surface area contributed by atoms with E-state index in [9.17, 15) is 9.90 Å². The van der Waals surface area contributed by atoms with E-state index in [1.807, 2.05) is 24.5 Å². The van der Waals surface area contributed by atoms with Crippen LogP contribution in [0.25, 0.3) is 11.0 Å². The van der Waals surface area contributed by atoms with Gasteiger partial charge in [-0.25, -0.2) is 4.98 Å². The maximum Gasteiger partial charge on any atom is 0.290 e. The molecular formula is C24H32N4O4. The van der Waals surface area contributed by atoms with E-state index in [-0.39, 0.29) is 24.2 Å². The van der Waals surface area contributed by atoms with Crippen molar-refractivity contribution in [2.75, 3.05) is 26.2 Å². The molecule has 4 fully saturated rings. The number of hydrogen-bond donors (Lipinski definition) is 2. The van der Waals surface area contributed by atoms with Gasteiger partial charge < -0.3 is 19.7 Å². The Morgan fingerprint density at radius 3 is 2.47 bits per heavy atom. The summed E-state index contributed by atoms with van der Waals surface area (Å²) < 4.78 is 2.16. The highest BCUT2D eigenvalue weighted by Gasteiger charge is 2.54. The molecule has 2 N–H and O–H groups in total. The van der Waals surface area contributed by atoms with Gasteiger partial charge in [0.2, 0.25) is 5.91 Å². The van der Waals surface area contributed by atoms with Gasteiger partial charge in [-0.15, -0.1) is 0 Å². The lowest BCUT2D eigenvalue weighted by Gasteiger charge is -2.36. The van der Waals surface area contributed by atoms with Crippen LogP contribution in [-0.2, 0) is 9.59 Å². The van der Waals surface area contributed by atoms with Gasteiger partial charge in [-0.05, 0) is 75.6 Å². The summed E-state index contributed by atoms with van der Waals surface area (Å²) in [6.07, 6.45) is 7.58. The monoisotopic (exact) mass is 440 g/mol. The fourth-order valence-electron chi connectivity index (χ4n) is 6.86. The van der Waals surface area contributed by atoms with Crippen LogP contribution < -0.4 is 0 Å². The molecular weight excluding hydrogens is 408 g/mol. The number of imidazole rings is 1. The molecule has 6 rings (SSSR count). The van der Waals surface area contributed by atoms with E-state index in [2.05, 4.69) is 25.4 Å². The molecule has 3 saturated heterocycles. The van der Waals surface area contributed by atoms with Gasteiger partial charge in [0.1, 0.15) is 5.54 Å².